The lowest BCUT2D eigenvalue weighted by Crippen LogP contribution is -2.48. The Bertz CT molecular complexity index is 299. The van der Waals surface area contributed by atoms with Crippen LogP contribution in [-0.2, 0) is 14.3 Å². The van der Waals surface area contributed by atoms with Crippen LogP contribution in [0.4, 0.5) is 0 Å². The van der Waals surface area contributed by atoms with Crippen molar-refractivity contribution in [3.63, 3.8) is 0 Å². The van der Waals surface area contributed by atoms with E-state index in [9.17, 15) is 9.59 Å². The molecule has 0 aromatic rings. The molecule has 0 heterocycles. The summed E-state index contributed by atoms with van der Waals surface area (Å²) in [7, 11) is 1.55. The summed E-state index contributed by atoms with van der Waals surface area (Å²) in [6.45, 7) is 4.11. The molecule has 0 radical (unpaired) electrons. The average Bonchev–Trinajstić information content (AvgIpc) is 3.05. The number of amides is 1. The van der Waals surface area contributed by atoms with Gasteiger partial charge in [-0.3, -0.25) is 4.79 Å². The van der Waals surface area contributed by atoms with Crippen LogP contribution in [-0.4, -0.2) is 36.7 Å². The van der Waals surface area contributed by atoms with Crippen molar-refractivity contribution in [2.24, 2.45) is 11.3 Å². The Morgan fingerprint density at radius 1 is 1.47 bits per heavy atom. The Kier molecular flexibility index (Phi) is 4.51. The van der Waals surface area contributed by atoms with Crippen molar-refractivity contribution in [1.29, 1.82) is 0 Å². The molecule has 1 amide bonds. The standard InChI is InChI=1S/C12H21NO4/c1-4-8(2)9(10(14)15)13-11(16)12(5-6-12)7-17-3/h8-9H,4-7H2,1-3H3,(H,13,16)(H,14,15)/t8-,9-/m0/s1. The predicted octanol–water partition coefficient (Wildman–Crippen LogP) is 1.03. The fourth-order valence-corrected chi connectivity index (χ4v) is 1.84. The molecule has 98 valence electrons. The topological polar surface area (TPSA) is 75.6 Å². The summed E-state index contributed by atoms with van der Waals surface area (Å²) >= 11 is 0. The number of hydrogen-bond donors (Lipinski definition) is 2. The Labute approximate surface area is 102 Å². The SMILES string of the molecule is CC[C@H](C)[C@H](NC(=O)C1(COC)CC1)C(=O)O. The molecular weight excluding hydrogens is 222 g/mol. The van der Waals surface area contributed by atoms with E-state index in [0.717, 1.165) is 12.8 Å². The van der Waals surface area contributed by atoms with Gasteiger partial charge in [0.2, 0.25) is 5.91 Å². The second-order valence-electron chi connectivity index (χ2n) is 4.89. The fourth-order valence-electron chi connectivity index (χ4n) is 1.84. The smallest absolute Gasteiger partial charge is 0.326 e. The zero-order valence-corrected chi connectivity index (χ0v) is 10.7. The lowest BCUT2D eigenvalue weighted by molar-refractivity contribution is -0.144. The molecule has 0 spiro atoms. The first-order valence-corrected chi connectivity index (χ1v) is 5.99. The molecule has 0 aromatic heterocycles. The Hall–Kier alpha value is -1.10. The van der Waals surface area contributed by atoms with Crippen LogP contribution in [0.25, 0.3) is 0 Å². The Balaban J connectivity index is 2.62. The number of carbonyl (C=O) groups excluding carboxylic acids is 1. The fraction of sp³-hybridized carbons (Fsp3) is 0.833. The third-order valence-electron chi connectivity index (χ3n) is 3.52. The second-order valence-corrected chi connectivity index (χ2v) is 4.89. The number of carboxylic acids is 1. The van der Waals surface area contributed by atoms with Crippen molar-refractivity contribution >= 4 is 11.9 Å². The normalized spacial score (nSPS) is 20.4. The Morgan fingerprint density at radius 2 is 2.06 bits per heavy atom. The van der Waals surface area contributed by atoms with Gasteiger partial charge in [-0.15, -0.1) is 0 Å². The molecule has 5 heteroatoms. The molecule has 17 heavy (non-hydrogen) atoms. The monoisotopic (exact) mass is 243 g/mol. The molecule has 1 rings (SSSR count). The predicted molar refractivity (Wildman–Crippen MR) is 62.6 cm³/mol. The van der Waals surface area contributed by atoms with Gasteiger partial charge in [0.05, 0.1) is 12.0 Å². The number of ether oxygens (including phenoxy) is 1. The van der Waals surface area contributed by atoms with Crippen LogP contribution in [0, 0.1) is 11.3 Å². The summed E-state index contributed by atoms with van der Waals surface area (Å²) in [5.41, 5.74) is -0.476. The molecule has 2 N–H and O–H groups in total. The highest BCUT2D eigenvalue weighted by molar-refractivity contribution is 5.89. The second kappa shape index (κ2) is 5.49. The maximum atomic E-state index is 12.0. The summed E-state index contributed by atoms with van der Waals surface area (Å²) in [6, 6.07) is -0.804. The van der Waals surface area contributed by atoms with Gasteiger partial charge in [-0.2, -0.15) is 0 Å². The number of rotatable bonds is 7. The third kappa shape index (κ3) is 3.19. The first-order valence-electron chi connectivity index (χ1n) is 5.99. The van der Waals surface area contributed by atoms with Gasteiger partial charge in [0.25, 0.3) is 0 Å². The van der Waals surface area contributed by atoms with Crippen molar-refractivity contribution in [1.82, 2.24) is 5.32 Å². The van der Waals surface area contributed by atoms with Gasteiger partial charge in [-0.25, -0.2) is 4.79 Å². The van der Waals surface area contributed by atoms with Crippen molar-refractivity contribution in [3.05, 3.63) is 0 Å². The summed E-state index contributed by atoms with van der Waals surface area (Å²) in [6.07, 6.45) is 2.27. The maximum Gasteiger partial charge on any atom is 0.326 e. The van der Waals surface area contributed by atoms with E-state index in [0.29, 0.717) is 13.0 Å². The van der Waals surface area contributed by atoms with Gasteiger partial charge in [-0.1, -0.05) is 20.3 Å². The highest BCUT2D eigenvalue weighted by Gasteiger charge is 2.50. The van der Waals surface area contributed by atoms with Gasteiger partial charge >= 0.3 is 5.97 Å². The van der Waals surface area contributed by atoms with Crippen LogP contribution in [0.1, 0.15) is 33.1 Å². The van der Waals surface area contributed by atoms with Crippen LogP contribution in [0.3, 0.4) is 0 Å². The molecule has 1 fully saturated rings. The number of aliphatic carboxylic acids is 1. The van der Waals surface area contributed by atoms with Gasteiger partial charge < -0.3 is 15.2 Å². The minimum atomic E-state index is -0.971. The lowest BCUT2D eigenvalue weighted by Gasteiger charge is -2.23. The van der Waals surface area contributed by atoms with E-state index in [1.807, 2.05) is 13.8 Å². The van der Waals surface area contributed by atoms with E-state index in [-0.39, 0.29) is 11.8 Å². The van der Waals surface area contributed by atoms with E-state index in [2.05, 4.69) is 5.32 Å². The van der Waals surface area contributed by atoms with Crippen molar-refractivity contribution in [2.75, 3.05) is 13.7 Å². The highest BCUT2D eigenvalue weighted by Crippen LogP contribution is 2.46. The number of methoxy groups -OCH3 is 1. The Morgan fingerprint density at radius 3 is 2.41 bits per heavy atom. The molecule has 0 bridgehead atoms. The molecule has 1 saturated carbocycles. The quantitative estimate of drug-likeness (QED) is 0.700. The number of carbonyl (C=O) groups is 2. The summed E-state index contributed by atoms with van der Waals surface area (Å²) in [5, 5.41) is 11.7. The van der Waals surface area contributed by atoms with Crippen LogP contribution < -0.4 is 5.32 Å². The van der Waals surface area contributed by atoms with Gasteiger partial charge in [0.15, 0.2) is 0 Å². The zero-order valence-electron chi connectivity index (χ0n) is 10.7. The van der Waals surface area contributed by atoms with Gasteiger partial charge in [0, 0.05) is 7.11 Å². The molecule has 1 aliphatic carbocycles. The van der Waals surface area contributed by atoms with E-state index >= 15 is 0 Å². The number of hydrogen-bond acceptors (Lipinski definition) is 3. The van der Waals surface area contributed by atoms with Crippen LogP contribution >= 0.6 is 0 Å². The molecule has 1 aliphatic rings. The van der Waals surface area contributed by atoms with Crippen LogP contribution in [0.5, 0.6) is 0 Å². The molecule has 2 atom stereocenters. The molecule has 0 aromatic carbocycles. The van der Waals surface area contributed by atoms with E-state index in [1.54, 1.807) is 7.11 Å². The molecule has 5 nitrogen and oxygen atoms in total. The minimum absolute atomic E-state index is 0.0743. The van der Waals surface area contributed by atoms with Crippen LogP contribution in [0.15, 0.2) is 0 Å². The number of carboxylic acid groups (broad SMARTS) is 1. The van der Waals surface area contributed by atoms with Crippen molar-refractivity contribution < 1.29 is 19.4 Å². The van der Waals surface area contributed by atoms with Gasteiger partial charge in [0.1, 0.15) is 6.04 Å². The van der Waals surface area contributed by atoms with Crippen molar-refractivity contribution in [2.45, 2.75) is 39.2 Å². The molecular formula is C12H21NO4. The summed E-state index contributed by atoms with van der Waals surface area (Å²) in [4.78, 5) is 23.1. The third-order valence-corrected chi connectivity index (χ3v) is 3.52. The first kappa shape index (κ1) is 14.0. The van der Waals surface area contributed by atoms with Crippen molar-refractivity contribution in [3.8, 4) is 0 Å². The average molecular weight is 243 g/mol. The molecule has 0 saturated heterocycles. The zero-order chi connectivity index (χ0) is 13.1. The summed E-state index contributed by atoms with van der Waals surface area (Å²) < 4.78 is 5.01. The van der Waals surface area contributed by atoms with E-state index in [4.69, 9.17) is 9.84 Å². The number of nitrogens with one attached hydrogen (secondary N) is 1. The lowest BCUT2D eigenvalue weighted by atomic mass is 9.97. The van der Waals surface area contributed by atoms with Gasteiger partial charge in [-0.05, 0) is 18.8 Å². The maximum absolute atomic E-state index is 12.0. The molecule has 0 unspecified atom stereocenters. The largest absolute Gasteiger partial charge is 0.480 e. The molecule has 0 aliphatic heterocycles. The summed E-state index contributed by atoms with van der Waals surface area (Å²) in [5.74, 6) is -1.23. The van der Waals surface area contributed by atoms with E-state index in [1.165, 1.54) is 0 Å². The first-order chi connectivity index (χ1) is 7.96. The van der Waals surface area contributed by atoms with Crippen LogP contribution in [0.2, 0.25) is 0 Å². The minimum Gasteiger partial charge on any atom is -0.480 e. The van der Waals surface area contributed by atoms with E-state index < -0.39 is 17.4 Å². The highest BCUT2D eigenvalue weighted by atomic mass is 16.5.